The fourth-order valence-electron chi connectivity index (χ4n) is 3.66. The van der Waals surface area contributed by atoms with E-state index >= 15 is 0 Å². The minimum atomic E-state index is -1.39. The Bertz CT molecular complexity index is 695. The number of rotatable bonds is 4. The van der Waals surface area contributed by atoms with Crippen molar-refractivity contribution in [3.63, 3.8) is 0 Å². The van der Waals surface area contributed by atoms with Crippen molar-refractivity contribution >= 4 is 21.9 Å². The van der Waals surface area contributed by atoms with Crippen molar-refractivity contribution in [2.45, 2.75) is 51.0 Å². The van der Waals surface area contributed by atoms with Crippen LogP contribution in [0, 0.1) is 17.8 Å². The van der Waals surface area contributed by atoms with Gasteiger partial charge in [-0.2, -0.15) is 0 Å². The van der Waals surface area contributed by atoms with Gasteiger partial charge in [0.15, 0.2) is 11.1 Å². The second kappa shape index (κ2) is 7.14. The van der Waals surface area contributed by atoms with Crippen LogP contribution < -0.4 is 0 Å². The molecule has 124 valence electrons. The molecule has 3 heteroatoms. The molecule has 2 nitrogen and oxygen atoms in total. The summed E-state index contributed by atoms with van der Waals surface area (Å²) in [6, 6.07) is 14.1. The second-order valence-electron chi connectivity index (χ2n) is 7.20. The third kappa shape index (κ3) is 3.84. The molecule has 0 saturated heterocycles. The molecule has 1 aliphatic carbocycles. The highest BCUT2D eigenvalue weighted by atomic mass is 32.2. The largest absolute Gasteiger partial charge is 0.283 e. The minimum absolute atomic E-state index is 0.103. The summed E-state index contributed by atoms with van der Waals surface area (Å²) in [6.45, 7) is 6.76. The maximum absolute atomic E-state index is 12.7. The Labute approximate surface area is 141 Å². The van der Waals surface area contributed by atoms with Gasteiger partial charge in [-0.05, 0) is 53.5 Å². The van der Waals surface area contributed by atoms with Crippen molar-refractivity contribution in [1.82, 2.24) is 0 Å². The molecule has 2 aromatic carbocycles. The highest BCUT2D eigenvalue weighted by Gasteiger charge is 2.33. The summed E-state index contributed by atoms with van der Waals surface area (Å²) in [6.07, 6.45) is 3.55. The smallest absolute Gasteiger partial charge is 0.189 e. The van der Waals surface area contributed by atoms with E-state index < -0.39 is 11.1 Å². The van der Waals surface area contributed by atoms with Crippen LogP contribution in [0.5, 0.6) is 0 Å². The van der Waals surface area contributed by atoms with Crippen LogP contribution >= 0.6 is 0 Å². The monoisotopic (exact) mass is 330 g/mol. The Morgan fingerprint density at radius 2 is 1.83 bits per heavy atom. The van der Waals surface area contributed by atoms with Crippen LogP contribution in [0.3, 0.4) is 0 Å². The normalized spacial score (nSPS) is 26.5. The average Bonchev–Trinajstić information content (AvgIpc) is 2.54. The van der Waals surface area contributed by atoms with Crippen molar-refractivity contribution < 1.29 is 8.39 Å². The lowest BCUT2D eigenvalue weighted by molar-refractivity contribution is 0.0567. The molecular formula is C20H26O2S. The van der Waals surface area contributed by atoms with Crippen LogP contribution in [0.4, 0.5) is 0 Å². The maximum atomic E-state index is 12.7. The molecule has 3 rings (SSSR count). The predicted molar refractivity (Wildman–Crippen MR) is 96.6 cm³/mol. The Balaban J connectivity index is 1.78. The lowest BCUT2D eigenvalue weighted by Crippen LogP contribution is -2.34. The Morgan fingerprint density at radius 1 is 1.09 bits per heavy atom. The Kier molecular flexibility index (Phi) is 5.17. The van der Waals surface area contributed by atoms with Gasteiger partial charge in [0, 0.05) is 0 Å². The molecule has 0 N–H and O–H groups in total. The zero-order valence-corrected chi connectivity index (χ0v) is 15.0. The quantitative estimate of drug-likeness (QED) is 0.756. The van der Waals surface area contributed by atoms with Crippen LogP contribution in [0.1, 0.15) is 40.0 Å². The number of hydrogen-bond donors (Lipinski definition) is 0. The number of benzene rings is 2. The fraction of sp³-hybridized carbons (Fsp3) is 0.500. The van der Waals surface area contributed by atoms with Gasteiger partial charge < -0.3 is 0 Å². The third-order valence-corrected chi connectivity index (χ3v) is 6.15. The van der Waals surface area contributed by atoms with E-state index in [1.165, 1.54) is 18.2 Å². The summed E-state index contributed by atoms with van der Waals surface area (Å²) < 4.78 is 18.8. The van der Waals surface area contributed by atoms with Gasteiger partial charge in [-0.1, -0.05) is 57.5 Å². The first-order valence-electron chi connectivity index (χ1n) is 8.62. The second-order valence-corrected chi connectivity index (χ2v) is 8.34. The molecule has 4 atom stereocenters. The molecule has 1 aliphatic rings. The summed E-state index contributed by atoms with van der Waals surface area (Å²) in [7, 11) is 0. The van der Waals surface area contributed by atoms with Crippen LogP contribution in [0.2, 0.25) is 0 Å². The van der Waals surface area contributed by atoms with Gasteiger partial charge in [0.2, 0.25) is 0 Å². The third-order valence-electron chi connectivity index (χ3n) is 5.09. The Morgan fingerprint density at radius 3 is 2.57 bits per heavy atom. The lowest BCUT2D eigenvalue weighted by atomic mass is 9.75. The van der Waals surface area contributed by atoms with E-state index in [-0.39, 0.29) is 6.10 Å². The van der Waals surface area contributed by atoms with Gasteiger partial charge in [0.1, 0.15) is 0 Å². The van der Waals surface area contributed by atoms with E-state index in [9.17, 15) is 4.21 Å². The fourth-order valence-corrected chi connectivity index (χ4v) is 4.62. The predicted octanol–water partition coefficient (Wildman–Crippen LogP) is 5.34. The summed E-state index contributed by atoms with van der Waals surface area (Å²) in [5, 5.41) is 2.28. The van der Waals surface area contributed by atoms with Gasteiger partial charge in [0.05, 0.1) is 11.0 Å². The van der Waals surface area contributed by atoms with Crippen LogP contribution in [0.25, 0.3) is 10.8 Å². The van der Waals surface area contributed by atoms with E-state index in [0.717, 1.165) is 16.7 Å². The molecule has 0 amide bonds. The molecule has 0 radical (unpaired) electrons. The molecule has 1 fully saturated rings. The molecule has 0 aliphatic heterocycles. The van der Waals surface area contributed by atoms with Gasteiger partial charge in [-0.25, -0.2) is 4.21 Å². The van der Waals surface area contributed by atoms with E-state index in [0.29, 0.717) is 17.8 Å². The van der Waals surface area contributed by atoms with Crippen molar-refractivity contribution in [2.24, 2.45) is 17.8 Å². The zero-order valence-electron chi connectivity index (χ0n) is 14.2. The molecule has 0 spiro atoms. The van der Waals surface area contributed by atoms with Crippen LogP contribution in [-0.2, 0) is 15.3 Å². The molecular weight excluding hydrogens is 304 g/mol. The van der Waals surface area contributed by atoms with E-state index in [1.807, 2.05) is 30.3 Å². The van der Waals surface area contributed by atoms with E-state index in [1.54, 1.807) is 0 Å². The molecule has 0 aromatic heterocycles. The summed E-state index contributed by atoms with van der Waals surface area (Å²) in [5.41, 5.74) is 0. The number of hydrogen-bond acceptors (Lipinski definition) is 2. The Hall–Kier alpha value is -1.19. The number of fused-ring (bicyclic) bond motifs is 1. The highest BCUT2D eigenvalue weighted by molar-refractivity contribution is 7.80. The topological polar surface area (TPSA) is 26.3 Å². The minimum Gasteiger partial charge on any atom is -0.283 e. The average molecular weight is 330 g/mol. The molecule has 2 aromatic rings. The summed E-state index contributed by atoms with van der Waals surface area (Å²) >= 11 is -1.39. The first-order valence-corrected chi connectivity index (χ1v) is 9.70. The lowest BCUT2D eigenvalue weighted by Gasteiger charge is -2.36. The SMILES string of the molecule is CC(C)[C@@H]1CC[C@@H](C)C[C@H]1OS(=O)c1ccc2ccccc2c1. The van der Waals surface area contributed by atoms with Crippen molar-refractivity contribution in [2.75, 3.05) is 0 Å². The molecule has 1 saturated carbocycles. The first kappa shape index (κ1) is 16.7. The zero-order chi connectivity index (χ0) is 16.4. The van der Waals surface area contributed by atoms with Gasteiger partial charge in [-0.3, -0.25) is 4.18 Å². The van der Waals surface area contributed by atoms with Crippen molar-refractivity contribution in [3.8, 4) is 0 Å². The summed E-state index contributed by atoms with van der Waals surface area (Å²) in [4.78, 5) is 0.768. The molecule has 1 unspecified atom stereocenters. The highest BCUT2D eigenvalue weighted by Crippen LogP contribution is 2.36. The first-order chi connectivity index (χ1) is 11.0. The molecule has 0 bridgehead atoms. The van der Waals surface area contributed by atoms with Crippen LogP contribution in [-0.4, -0.2) is 10.3 Å². The van der Waals surface area contributed by atoms with E-state index in [4.69, 9.17) is 4.18 Å². The summed E-state index contributed by atoms with van der Waals surface area (Å²) in [5.74, 6) is 1.74. The van der Waals surface area contributed by atoms with Gasteiger partial charge in [0.25, 0.3) is 0 Å². The van der Waals surface area contributed by atoms with E-state index in [2.05, 4.69) is 32.9 Å². The van der Waals surface area contributed by atoms with Gasteiger partial charge in [-0.15, -0.1) is 0 Å². The standard InChI is InChI=1S/C20H26O2S/c1-14(2)19-11-8-15(3)12-20(19)22-23(21)18-10-9-16-6-4-5-7-17(16)13-18/h4-7,9-10,13-15,19-20H,8,11-12H2,1-3H3/t15-,19+,20-,23?/m1/s1. The molecule has 23 heavy (non-hydrogen) atoms. The van der Waals surface area contributed by atoms with Crippen molar-refractivity contribution in [1.29, 1.82) is 0 Å². The van der Waals surface area contributed by atoms with Crippen LogP contribution in [0.15, 0.2) is 47.4 Å². The van der Waals surface area contributed by atoms with Gasteiger partial charge >= 0.3 is 0 Å². The maximum Gasteiger partial charge on any atom is 0.189 e. The molecule has 0 heterocycles. The van der Waals surface area contributed by atoms with Crippen molar-refractivity contribution in [3.05, 3.63) is 42.5 Å².